The van der Waals surface area contributed by atoms with E-state index in [1.807, 2.05) is 0 Å². The van der Waals surface area contributed by atoms with E-state index >= 15 is 0 Å². The number of halogens is 1. The van der Waals surface area contributed by atoms with Gasteiger partial charge >= 0.3 is 0 Å². The van der Waals surface area contributed by atoms with Crippen molar-refractivity contribution >= 4 is 12.4 Å². The lowest BCUT2D eigenvalue weighted by Crippen LogP contribution is -2.10. The standard InChI is InChI=1S/C5H11N.C5H12.ClH/c1-6-4-2-3-5-6;1-3-5-4-2;/h2-5H2,1H3;3-5H2,1-2H3;1H. The Kier molecular flexibility index (Phi) is 13.8. The minimum atomic E-state index is 0. The molecule has 1 nitrogen and oxygen atoms in total. The molecule has 0 aromatic rings. The molecule has 2 heteroatoms. The smallest absolute Gasteiger partial charge is 0.00213 e. The van der Waals surface area contributed by atoms with Crippen LogP contribution in [0.5, 0.6) is 0 Å². The highest BCUT2D eigenvalue weighted by Gasteiger charge is 2.03. The average Bonchev–Trinajstić information content (AvgIpc) is 2.43. The molecule has 0 radical (unpaired) electrons. The molecule has 0 atom stereocenters. The van der Waals surface area contributed by atoms with E-state index in [-0.39, 0.29) is 12.4 Å². The predicted molar refractivity (Wildman–Crippen MR) is 59.2 cm³/mol. The van der Waals surface area contributed by atoms with Crippen LogP contribution in [0.25, 0.3) is 0 Å². The lowest BCUT2D eigenvalue weighted by molar-refractivity contribution is 0.418. The van der Waals surface area contributed by atoms with Crippen LogP contribution in [0.4, 0.5) is 0 Å². The van der Waals surface area contributed by atoms with Crippen molar-refractivity contribution in [3.8, 4) is 0 Å². The van der Waals surface area contributed by atoms with Gasteiger partial charge in [-0.25, -0.2) is 0 Å². The van der Waals surface area contributed by atoms with Gasteiger partial charge in [0.25, 0.3) is 0 Å². The van der Waals surface area contributed by atoms with Gasteiger partial charge in [0.2, 0.25) is 0 Å². The van der Waals surface area contributed by atoms with Crippen molar-refractivity contribution in [3.05, 3.63) is 0 Å². The van der Waals surface area contributed by atoms with E-state index in [1.54, 1.807) is 0 Å². The normalized spacial score (nSPS) is 16.2. The molecule has 1 aliphatic rings. The summed E-state index contributed by atoms with van der Waals surface area (Å²) in [5.74, 6) is 0. The van der Waals surface area contributed by atoms with Crippen LogP contribution >= 0.6 is 12.4 Å². The third-order valence-corrected chi connectivity index (χ3v) is 2.04. The molecule has 1 aliphatic heterocycles. The SMILES string of the molecule is CCCCC.CN1CCCC1.Cl. The number of rotatable bonds is 2. The summed E-state index contributed by atoms with van der Waals surface area (Å²) < 4.78 is 0. The van der Waals surface area contributed by atoms with Gasteiger partial charge in [-0.1, -0.05) is 33.1 Å². The van der Waals surface area contributed by atoms with Crippen LogP contribution < -0.4 is 0 Å². The van der Waals surface area contributed by atoms with E-state index in [0.717, 1.165) is 0 Å². The first-order chi connectivity index (χ1) is 5.31. The lowest BCUT2D eigenvalue weighted by Gasteiger charge is -2.01. The first-order valence-corrected chi connectivity index (χ1v) is 4.99. The fourth-order valence-corrected chi connectivity index (χ4v) is 1.23. The molecule has 0 unspecified atom stereocenters. The minimum absolute atomic E-state index is 0. The first-order valence-electron chi connectivity index (χ1n) is 4.99. The summed E-state index contributed by atoms with van der Waals surface area (Å²) in [6.07, 6.45) is 6.90. The molecule has 0 saturated carbocycles. The molecular weight excluding hydrogens is 170 g/mol. The molecule has 1 saturated heterocycles. The monoisotopic (exact) mass is 193 g/mol. The third-order valence-electron chi connectivity index (χ3n) is 2.04. The van der Waals surface area contributed by atoms with Gasteiger partial charge in [-0.2, -0.15) is 0 Å². The summed E-state index contributed by atoms with van der Waals surface area (Å²) in [6.45, 7) is 7.06. The van der Waals surface area contributed by atoms with Crippen LogP contribution in [0, 0.1) is 0 Å². The Hall–Kier alpha value is 0.250. The Morgan fingerprint density at radius 2 is 1.42 bits per heavy atom. The summed E-state index contributed by atoms with van der Waals surface area (Å²) in [5.41, 5.74) is 0. The van der Waals surface area contributed by atoms with Gasteiger partial charge in [-0.3, -0.25) is 0 Å². The van der Waals surface area contributed by atoms with Crippen LogP contribution in [-0.2, 0) is 0 Å². The molecule has 0 aliphatic carbocycles. The summed E-state index contributed by atoms with van der Waals surface area (Å²) in [6, 6.07) is 0. The third kappa shape index (κ3) is 10.2. The van der Waals surface area contributed by atoms with Gasteiger partial charge in [-0.05, 0) is 33.0 Å². The van der Waals surface area contributed by atoms with Gasteiger partial charge in [0.15, 0.2) is 0 Å². The van der Waals surface area contributed by atoms with Gasteiger partial charge in [0, 0.05) is 0 Å². The maximum absolute atomic E-state index is 2.36. The predicted octanol–water partition coefficient (Wildman–Crippen LogP) is 3.33. The van der Waals surface area contributed by atoms with E-state index in [4.69, 9.17) is 0 Å². The zero-order chi connectivity index (χ0) is 8.53. The largest absolute Gasteiger partial charge is 0.306 e. The Morgan fingerprint density at radius 3 is 1.50 bits per heavy atom. The second-order valence-electron chi connectivity index (χ2n) is 3.36. The molecule has 1 fully saturated rings. The Morgan fingerprint density at radius 1 is 1.00 bits per heavy atom. The molecule has 0 amide bonds. The fraction of sp³-hybridized carbons (Fsp3) is 1.00. The highest BCUT2D eigenvalue weighted by molar-refractivity contribution is 5.85. The molecular formula is C10H24ClN. The van der Waals surface area contributed by atoms with E-state index in [2.05, 4.69) is 25.8 Å². The molecule has 0 spiro atoms. The first kappa shape index (κ1) is 14.8. The van der Waals surface area contributed by atoms with Crippen LogP contribution in [-0.4, -0.2) is 25.0 Å². The molecule has 1 heterocycles. The van der Waals surface area contributed by atoms with E-state index in [9.17, 15) is 0 Å². The zero-order valence-corrected chi connectivity index (χ0v) is 9.62. The molecule has 76 valence electrons. The van der Waals surface area contributed by atoms with Crippen molar-refractivity contribution in [2.75, 3.05) is 20.1 Å². The van der Waals surface area contributed by atoms with Crippen LogP contribution in [0.2, 0.25) is 0 Å². The van der Waals surface area contributed by atoms with Gasteiger partial charge in [0.1, 0.15) is 0 Å². The quantitative estimate of drug-likeness (QED) is 0.651. The fourth-order valence-electron chi connectivity index (χ4n) is 1.23. The van der Waals surface area contributed by atoms with E-state index < -0.39 is 0 Å². The molecule has 0 aromatic heterocycles. The van der Waals surface area contributed by atoms with Gasteiger partial charge < -0.3 is 4.90 Å². The Balaban J connectivity index is 0. The highest BCUT2D eigenvalue weighted by Crippen LogP contribution is 2.02. The van der Waals surface area contributed by atoms with Crippen molar-refractivity contribution in [3.63, 3.8) is 0 Å². The van der Waals surface area contributed by atoms with Crippen LogP contribution in [0.3, 0.4) is 0 Å². The maximum Gasteiger partial charge on any atom is -0.00213 e. The lowest BCUT2D eigenvalue weighted by atomic mass is 10.3. The number of nitrogens with zero attached hydrogens (tertiary/aromatic N) is 1. The Labute approximate surface area is 83.9 Å². The van der Waals surface area contributed by atoms with Crippen molar-refractivity contribution < 1.29 is 0 Å². The number of hydrogen-bond acceptors (Lipinski definition) is 1. The minimum Gasteiger partial charge on any atom is -0.306 e. The van der Waals surface area contributed by atoms with Crippen LogP contribution in [0.1, 0.15) is 46.0 Å². The molecule has 0 N–H and O–H groups in total. The highest BCUT2D eigenvalue weighted by atomic mass is 35.5. The molecule has 1 rings (SSSR count). The topological polar surface area (TPSA) is 3.24 Å². The maximum atomic E-state index is 2.36. The van der Waals surface area contributed by atoms with Gasteiger partial charge in [0.05, 0.1) is 0 Å². The Bertz CT molecular complexity index is 68.2. The summed E-state index contributed by atoms with van der Waals surface area (Å²) in [7, 11) is 2.17. The molecule has 0 aromatic carbocycles. The number of likely N-dealkylation sites (tertiary alicyclic amines) is 1. The summed E-state index contributed by atoms with van der Waals surface area (Å²) in [5, 5.41) is 0. The van der Waals surface area contributed by atoms with Gasteiger partial charge in [-0.15, -0.1) is 12.4 Å². The summed E-state index contributed by atoms with van der Waals surface area (Å²) in [4.78, 5) is 2.36. The average molecular weight is 194 g/mol. The van der Waals surface area contributed by atoms with E-state index in [0.29, 0.717) is 0 Å². The second kappa shape index (κ2) is 11.2. The zero-order valence-electron chi connectivity index (χ0n) is 8.81. The molecule has 12 heavy (non-hydrogen) atoms. The molecule has 0 bridgehead atoms. The van der Waals surface area contributed by atoms with Crippen LogP contribution in [0.15, 0.2) is 0 Å². The summed E-state index contributed by atoms with van der Waals surface area (Å²) >= 11 is 0. The second-order valence-corrected chi connectivity index (χ2v) is 3.36. The van der Waals surface area contributed by atoms with Crippen molar-refractivity contribution in [1.29, 1.82) is 0 Å². The van der Waals surface area contributed by atoms with E-state index in [1.165, 1.54) is 45.2 Å². The van der Waals surface area contributed by atoms with Crippen molar-refractivity contribution in [1.82, 2.24) is 4.90 Å². The van der Waals surface area contributed by atoms with Crippen molar-refractivity contribution in [2.24, 2.45) is 0 Å². The van der Waals surface area contributed by atoms with Crippen molar-refractivity contribution in [2.45, 2.75) is 46.0 Å². The number of hydrogen-bond donors (Lipinski definition) is 0. The number of unbranched alkanes of at least 4 members (excludes halogenated alkanes) is 2.